The number of H-pyrrole nitrogens is 1. The minimum Gasteiger partial charge on any atom is -0.473 e. The molecule has 0 radical (unpaired) electrons. The lowest BCUT2D eigenvalue weighted by atomic mass is 9.83. The van der Waals surface area contributed by atoms with Crippen molar-refractivity contribution in [3.05, 3.63) is 132 Å². The summed E-state index contributed by atoms with van der Waals surface area (Å²) in [6, 6.07) is 38.1. The minimum atomic E-state index is -0.658. The Balaban J connectivity index is 1.46. The van der Waals surface area contributed by atoms with Gasteiger partial charge < -0.3 is 9.72 Å². The van der Waals surface area contributed by atoms with Crippen molar-refractivity contribution in [2.75, 3.05) is 0 Å². The molecule has 0 aliphatic carbocycles. The van der Waals surface area contributed by atoms with Gasteiger partial charge in [0.1, 0.15) is 5.75 Å². The van der Waals surface area contributed by atoms with E-state index in [-0.39, 0.29) is 0 Å². The number of benzene rings is 5. The number of para-hydroxylation sites is 1. The smallest absolute Gasteiger partial charge is 0.178 e. The number of aromatic amines is 1. The van der Waals surface area contributed by atoms with Crippen LogP contribution >= 0.6 is 0 Å². The Morgan fingerprint density at radius 2 is 1.15 bits per heavy atom. The first kappa shape index (κ1) is 18.3. The molecule has 0 unspecified atom stereocenters. The summed E-state index contributed by atoms with van der Waals surface area (Å²) in [7, 11) is 0. The van der Waals surface area contributed by atoms with Crippen LogP contribution in [0.1, 0.15) is 16.7 Å². The lowest BCUT2D eigenvalue weighted by molar-refractivity contribution is 0.161. The van der Waals surface area contributed by atoms with Crippen LogP contribution in [0, 0.1) is 0 Å². The SMILES string of the molecule is C1=CC(c2ccccc2)(c2ccccc2)Oc2ccc3c(ccc4c5ccccc5[nH]c34)c21. The summed E-state index contributed by atoms with van der Waals surface area (Å²) in [5.41, 5.74) is 5.03. The number of hydrogen-bond donors (Lipinski definition) is 1. The summed E-state index contributed by atoms with van der Waals surface area (Å²) < 4.78 is 6.87. The van der Waals surface area contributed by atoms with Crippen LogP contribution in [0.4, 0.5) is 0 Å². The van der Waals surface area contributed by atoms with Crippen LogP contribution in [-0.2, 0) is 5.60 Å². The van der Waals surface area contributed by atoms with E-state index in [4.69, 9.17) is 4.74 Å². The zero-order valence-corrected chi connectivity index (χ0v) is 18.0. The number of rotatable bonds is 2. The molecule has 5 aromatic carbocycles. The summed E-state index contributed by atoms with van der Waals surface area (Å²) in [6.07, 6.45) is 4.44. The van der Waals surface area contributed by atoms with E-state index >= 15 is 0 Å². The Bertz CT molecular complexity index is 1640. The van der Waals surface area contributed by atoms with Gasteiger partial charge in [0.25, 0.3) is 0 Å². The second kappa shape index (κ2) is 6.85. The van der Waals surface area contributed by atoms with Crippen molar-refractivity contribution in [1.82, 2.24) is 4.98 Å². The monoisotopic (exact) mass is 423 g/mol. The highest BCUT2D eigenvalue weighted by Crippen LogP contribution is 2.45. The van der Waals surface area contributed by atoms with Gasteiger partial charge in [-0.1, -0.05) is 91.0 Å². The average molecular weight is 424 g/mol. The molecule has 0 spiro atoms. The van der Waals surface area contributed by atoms with Crippen molar-refractivity contribution >= 4 is 38.7 Å². The van der Waals surface area contributed by atoms with E-state index in [1.165, 1.54) is 27.1 Å². The molecule has 1 aromatic heterocycles. The van der Waals surface area contributed by atoms with Gasteiger partial charge in [-0.05, 0) is 35.7 Å². The fourth-order valence-corrected chi connectivity index (χ4v) is 5.25. The molecule has 6 aromatic rings. The molecule has 1 N–H and O–H groups in total. The average Bonchev–Trinajstić information content (AvgIpc) is 3.28. The van der Waals surface area contributed by atoms with Gasteiger partial charge in [-0.25, -0.2) is 0 Å². The van der Waals surface area contributed by atoms with Gasteiger partial charge in [0.05, 0.1) is 5.52 Å². The first-order chi connectivity index (χ1) is 16.3. The molecule has 0 saturated heterocycles. The van der Waals surface area contributed by atoms with Gasteiger partial charge in [-0.15, -0.1) is 0 Å². The first-order valence-electron chi connectivity index (χ1n) is 11.3. The predicted octanol–water partition coefficient (Wildman–Crippen LogP) is 7.82. The lowest BCUT2D eigenvalue weighted by Crippen LogP contribution is -2.34. The number of ether oxygens (including phenoxy) is 1. The molecule has 2 nitrogen and oxygen atoms in total. The second-order valence-electron chi connectivity index (χ2n) is 8.63. The molecule has 1 aliphatic rings. The highest BCUT2D eigenvalue weighted by atomic mass is 16.5. The molecule has 33 heavy (non-hydrogen) atoms. The van der Waals surface area contributed by atoms with Gasteiger partial charge in [0, 0.05) is 38.4 Å². The van der Waals surface area contributed by atoms with Crippen LogP contribution in [0.5, 0.6) is 5.75 Å². The molecule has 7 rings (SSSR count). The Morgan fingerprint density at radius 1 is 0.545 bits per heavy atom. The van der Waals surface area contributed by atoms with E-state index in [0.29, 0.717) is 0 Å². The maximum Gasteiger partial charge on any atom is 0.178 e. The fourth-order valence-electron chi connectivity index (χ4n) is 5.25. The normalized spacial score (nSPS) is 14.4. The molecule has 0 atom stereocenters. The zero-order valence-electron chi connectivity index (χ0n) is 18.0. The standard InChI is InChI=1S/C31H21NO/c1-3-9-21(10-4-1)31(22-11-5-2-6-12-22)20-19-25-23-15-16-27-24-13-7-8-14-28(24)32-30(27)26(23)17-18-29(25)33-31/h1-20,32H. The van der Waals surface area contributed by atoms with E-state index in [1.807, 2.05) is 12.1 Å². The molecule has 0 amide bonds. The third-order valence-electron chi connectivity index (χ3n) is 6.84. The fraction of sp³-hybridized carbons (Fsp3) is 0.0323. The molecule has 0 fully saturated rings. The van der Waals surface area contributed by atoms with Crippen LogP contribution in [0.2, 0.25) is 0 Å². The molecule has 2 heterocycles. The summed E-state index contributed by atoms with van der Waals surface area (Å²) >= 11 is 0. The van der Waals surface area contributed by atoms with Crippen molar-refractivity contribution < 1.29 is 4.74 Å². The van der Waals surface area contributed by atoms with E-state index in [2.05, 4.69) is 114 Å². The van der Waals surface area contributed by atoms with Crippen molar-refractivity contribution in [2.45, 2.75) is 5.60 Å². The third kappa shape index (κ3) is 2.61. The van der Waals surface area contributed by atoms with Crippen LogP contribution in [0.3, 0.4) is 0 Å². The van der Waals surface area contributed by atoms with Crippen LogP contribution < -0.4 is 4.74 Å². The van der Waals surface area contributed by atoms with Gasteiger partial charge in [-0.2, -0.15) is 0 Å². The van der Waals surface area contributed by atoms with Gasteiger partial charge in [0.2, 0.25) is 0 Å². The second-order valence-corrected chi connectivity index (χ2v) is 8.63. The third-order valence-corrected chi connectivity index (χ3v) is 6.84. The summed E-state index contributed by atoms with van der Waals surface area (Å²) in [4.78, 5) is 3.63. The molecule has 0 bridgehead atoms. The molecule has 156 valence electrons. The van der Waals surface area contributed by atoms with Crippen molar-refractivity contribution in [3.63, 3.8) is 0 Å². The molecule has 0 saturated carbocycles. The number of hydrogen-bond acceptors (Lipinski definition) is 1. The largest absolute Gasteiger partial charge is 0.473 e. The van der Waals surface area contributed by atoms with Crippen molar-refractivity contribution in [1.29, 1.82) is 0 Å². The van der Waals surface area contributed by atoms with E-state index in [9.17, 15) is 0 Å². The number of nitrogens with one attached hydrogen (secondary N) is 1. The van der Waals surface area contributed by atoms with E-state index < -0.39 is 5.60 Å². The van der Waals surface area contributed by atoms with Crippen LogP contribution in [0.15, 0.2) is 115 Å². The summed E-state index contributed by atoms with van der Waals surface area (Å²) in [6.45, 7) is 0. The Morgan fingerprint density at radius 3 is 1.91 bits per heavy atom. The highest BCUT2D eigenvalue weighted by Gasteiger charge is 2.37. The Hall–Kier alpha value is -4.30. The topological polar surface area (TPSA) is 25.0 Å². The molecule has 1 aliphatic heterocycles. The van der Waals surface area contributed by atoms with Crippen LogP contribution in [-0.4, -0.2) is 4.98 Å². The summed E-state index contributed by atoms with van der Waals surface area (Å²) in [5.74, 6) is 0.896. The number of fused-ring (bicyclic) bond motifs is 7. The van der Waals surface area contributed by atoms with Crippen molar-refractivity contribution in [2.24, 2.45) is 0 Å². The lowest BCUT2D eigenvalue weighted by Gasteiger charge is -2.36. The van der Waals surface area contributed by atoms with Crippen molar-refractivity contribution in [3.8, 4) is 5.75 Å². The summed E-state index contributed by atoms with van der Waals surface area (Å²) in [5, 5.41) is 4.91. The predicted molar refractivity (Wildman–Crippen MR) is 137 cm³/mol. The number of aromatic nitrogens is 1. The highest BCUT2D eigenvalue weighted by molar-refractivity contribution is 6.18. The quantitative estimate of drug-likeness (QED) is 0.302. The first-order valence-corrected chi connectivity index (χ1v) is 11.3. The molecule has 2 heteroatoms. The van der Waals surface area contributed by atoms with E-state index in [1.54, 1.807) is 0 Å². The minimum absolute atomic E-state index is 0.658. The maximum absolute atomic E-state index is 6.87. The maximum atomic E-state index is 6.87. The van der Waals surface area contributed by atoms with E-state index in [0.717, 1.165) is 28.0 Å². The molecular weight excluding hydrogens is 402 g/mol. The van der Waals surface area contributed by atoms with Gasteiger partial charge in [-0.3, -0.25) is 0 Å². The van der Waals surface area contributed by atoms with Gasteiger partial charge >= 0.3 is 0 Å². The molecular formula is C31H21NO. The van der Waals surface area contributed by atoms with Crippen LogP contribution in [0.25, 0.3) is 38.7 Å². The Labute approximate surface area is 191 Å². The zero-order chi connectivity index (χ0) is 21.8. The Kier molecular flexibility index (Phi) is 3.80. The van der Waals surface area contributed by atoms with Gasteiger partial charge in [0.15, 0.2) is 5.60 Å².